The zero-order valence-corrected chi connectivity index (χ0v) is 13.2. The molecule has 116 valence electrons. The van der Waals surface area contributed by atoms with Crippen molar-refractivity contribution in [2.45, 2.75) is 33.2 Å². The fraction of sp³-hybridized carbons (Fsp3) is 0.500. The molecule has 21 heavy (non-hydrogen) atoms. The number of nitrogens with zero attached hydrogens (tertiary/aromatic N) is 2. The van der Waals surface area contributed by atoms with Gasteiger partial charge in [0.25, 0.3) is 0 Å². The Bertz CT molecular complexity index is 486. The van der Waals surface area contributed by atoms with Crippen molar-refractivity contribution in [2.24, 2.45) is 22.7 Å². The number of oxime groups is 1. The number of amides is 1. The third-order valence-corrected chi connectivity index (χ3v) is 3.98. The van der Waals surface area contributed by atoms with Crippen molar-refractivity contribution < 1.29 is 10.0 Å². The number of nitrogens with two attached hydrogens (primary N) is 1. The highest BCUT2D eigenvalue weighted by molar-refractivity contribution is 6.02. The molecule has 0 radical (unpaired) electrons. The maximum Gasteiger partial charge on any atom is 0.233 e. The molecule has 5 heteroatoms. The van der Waals surface area contributed by atoms with Crippen LogP contribution < -0.4 is 5.73 Å². The maximum atomic E-state index is 12.6. The van der Waals surface area contributed by atoms with E-state index in [0.29, 0.717) is 12.3 Å². The minimum Gasteiger partial charge on any atom is -0.409 e. The Kier molecular flexibility index (Phi) is 6.21. The Hall–Kier alpha value is -2.04. The first kappa shape index (κ1) is 17.0. The monoisotopic (exact) mass is 291 g/mol. The van der Waals surface area contributed by atoms with E-state index in [0.717, 1.165) is 5.56 Å². The summed E-state index contributed by atoms with van der Waals surface area (Å²) >= 11 is 0. The number of rotatable bonds is 6. The smallest absolute Gasteiger partial charge is 0.233 e. The van der Waals surface area contributed by atoms with Crippen molar-refractivity contribution in [3.8, 4) is 0 Å². The highest BCUT2D eigenvalue weighted by Crippen LogP contribution is 2.16. The van der Waals surface area contributed by atoms with Crippen LogP contribution in [0.5, 0.6) is 0 Å². The molecule has 2 unspecified atom stereocenters. The van der Waals surface area contributed by atoms with Gasteiger partial charge in [-0.05, 0) is 24.8 Å². The molecule has 1 aromatic carbocycles. The molecule has 5 nitrogen and oxygen atoms in total. The van der Waals surface area contributed by atoms with Crippen molar-refractivity contribution >= 4 is 11.7 Å². The van der Waals surface area contributed by atoms with Crippen molar-refractivity contribution in [1.29, 1.82) is 0 Å². The SMILES string of the molecule is CC(C)C(C)N(C)C(=O)C(Cc1ccccc1)C(N)=NO. The molecule has 0 heterocycles. The number of hydrogen-bond acceptors (Lipinski definition) is 3. The van der Waals surface area contributed by atoms with E-state index in [-0.39, 0.29) is 17.8 Å². The van der Waals surface area contributed by atoms with Gasteiger partial charge >= 0.3 is 0 Å². The van der Waals surface area contributed by atoms with Crippen LogP contribution in [0.2, 0.25) is 0 Å². The quantitative estimate of drug-likeness (QED) is 0.364. The van der Waals surface area contributed by atoms with Crippen molar-refractivity contribution in [1.82, 2.24) is 4.90 Å². The second-order valence-electron chi connectivity index (χ2n) is 5.70. The predicted molar refractivity (Wildman–Crippen MR) is 84.1 cm³/mol. The van der Waals surface area contributed by atoms with Gasteiger partial charge in [-0.25, -0.2) is 0 Å². The fourth-order valence-corrected chi connectivity index (χ4v) is 2.13. The van der Waals surface area contributed by atoms with Gasteiger partial charge in [-0.2, -0.15) is 0 Å². The van der Waals surface area contributed by atoms with Gasteiger partial charge in [0.1, 0.15) is 5.92 Å². The van der Waals surface area contributed by atoms with Crippen LogP contribution >= 0.6 is 0 Å². The van der Waals surface area contributed by atoms with Crippen molar-refractivity contribution in [3.63, 3.8) is 0 Å². The lowest BCUT2D eigenvalue weighted by molar-refractivity contribution is -0.134. The Balaban J connectivity index is 2.95. The summed E-state index contributed by atoms with van der Waals surface area (Å²) in [4.78, 5) is 14.3. The molecule has 0 fully saturated rings. The van der Waals surface area contributed by atoms with Crippen LogP contribution in [-0.2, 0) is 11.2 Å². The zero-order chi connectivity index (χ0) is 16.0. The van der Waals surface area contributed by atoms with E-state index in [1.807, 2.05) is 37.3 Å². The average molecular weight is 291 g/mol. The summed E-state index contributed by atoms with van der Waals surface area (Å²) in [5.41, 5.74) is 6.71. The van der Waals surface area contributed by atoms with Gasteiger partial charge in [0.05, 0.1) is 0 Å². The number of carbonyl (C=O) groups excluding carboxylic acids is 1. The van der Waals surface area contributed by atoms with Crippen molar-refractivity contribution in [2.75, 3.05) is 7.05 Å². The summed E-state index contributed by atoms with van der Waals surface area (Å²) < 4.78 is 0. The second-order valence-corrected chi connectivity index (χ2v) is 5.70. The van der Waals surface area contributed by atoms with Gasteiger partial charge < -0.3 is 15.8 Å². The third kappa shape index (κ3) is 4.48. The maximum absolute atomic E-state index is 12.6. The highest BCUT2D eigenvalue weighted by atomic mass is 16.4. The second kappa shape index (κ2) is 7.67. The van der Waals surface area contributed by atoms with Crippen LogP contribution in [0.3, 0.4) is 0 Å². The summed E-state index contributed by atoms with van der Waals surface area (Å²) in [6.07, 6.45) is 0.421. The first-order chi connectivity index (χ1) is 9.88. The summed E-state index contributed by atoms with van der Waals surface area (Å²) in [5.74, 6) is -0.491. The van der Waals surface area contributed by atoms with Gasteiger partial charge in [-0.15, -0.1) is 0 Å². The fourth-order valence-electron chi connectivity index (χ4n) is 2.13. The molecule has 1 aromatic rings. The van der Waals surface area contributed by atoms with E-state index in [1.54, 1.807) is 11.9 Å². The van der Waals surface area contributed by atoms with Crippen LogP contribution in [0.15, 0.2) is 35.5 Å². The van der Waals surface area contributed by atoms with Gasteiger partial charge in [-0.3, -0.25) is 4.79 Å². The molecule has 1 amide bonds. The third-order valence-electron chi connectivity index (χ3n) is 3.98. The Morgan fingerprint density at radius 2 is 1.86 bits per heavy atom. The van der Waals surface area contributed by atoms with Crippen LogP contribution in [-0.4, -0.2) is 34.9 Å². The number of hydrogen-bond donors (Lipinski definition) is 2. The van der Waals surface area contributed by atoms with E-state index in [9.17, 15) is 4.79 Å². The topological polar surface area (TPSA) is 78.9 Å². The normalized spacial score (nSPS) is 14.8. The highest BCUT2D eigenvalue weighted by Gasteiger charge is 2.29. The van der Waals surface area contributed by atoms with E-state index < -0.39 is 5.92 Å². The Morgan fingerprint density at radius 1 is 1.29 bits per heavy atom. The molecular weight excluding hydrogens is 266 g/mol. The molecule has 3 N–H and O–H groups in total. The van der Waals surface area contributed by atoms with Gasteiger partial charge in [0.15, 0.2) is 5.84 Å². The van der Waals surface area contributed by atoms with E-state index in [1.165, 1.54) is 0 Å². The predicted octanol–water partition coefficient (Wildman–Crippen LogP) is 2.09. The largest absolute Gasteiger partial charge is 0.409 e. The van der Waals surface area contributed by atoms with Crippen LogP contribution in [0, 0.1) is 11.8 Å². The van der Waals surface area contributed by atoms with Crippen LogP contribution in [0.25, 0.3) is 0 Å². The van der Waals surface area contributed by atoms with Crippen LogP contribution in [0.4, 0.5) is 0 Å². The first-order valence-corrected chi connectivity index (χ1v) is 7.16. The molecular formula is C16H25N3O2. The number of carbonyl (C=O) groups is 1. The van der Waals surface area contributed by atoms with E-state index >= 15 is 0 Å². The molecule has 0 aliphatic heterocycles. The lowest BCUT2D eigenvalue weighted by atomic mass is 9.95. The molecule has 1 rings (SSSR count). The summed E-state index contributed by atoms with van der Waals surface area (Å²) in [5, 5.41) is 12.0. The molecule has 0 saturated carbocycles. The molecule has 0 bridgehead atoms. The molecule has 0 aliphatic carbocycles. The molecule has 0 spiro atoms. The molecule has 0 saturated heterocycles. The number of amidine groups is 1. The van der Waals surface area contributed by atoms with Gasteiger partial charge in [-0.1, -0.05) is 49.3 Å². The Labute approximate surface area is 126 Å². The first-order valence-electron chi connectivity index (χ1n) is 7.16. The minimum absolute atomic E-state index is 0.0494. The van der Waals surface area contributed by atoms with E-state index in [4.69, 9.17) is 10.9 Å². The summed E-state index contributed by atoms with van der Waals surface area (Å²) in [6.45, 7) is 6.11. The Morgan fingerprint density at radius 3 is 2.33 bits per heavy atom. The molecule has 2 atom stereocenters. The molecule has 0 aromatic heterocycles. The standard InChI is InChI=1S/C16H25N3O2/c1-11(2)12(3)19(4)16(20)14(15(17)18-21)10-13-8-6-5-7-9-13/h5-9,11-12,14,21H,10H2,1-4H3,(H2,17,18). The van der Waals surface area contributed by atoms with Crippen molar-refractivity contribution in [3.05, 3.63) is 35.9 Å². The zero-order valence-electron chi connectivity index (χ0n) is 13.2. The average Bonchev–Trinajstić information content (AvgIpc) is 2.50. The van der Waals surface area contributed by atoms with Crippen LogP contribution in [0.1, 0.15) is 26.3 Å². The van der Waals surface area contributed by atoms with Gasteiger partial charge in [0.2, 0.25) is 5.91 Å². The number of benzene rings is 1. The van der Waals surface area contributed by atoms with E-state index in [2.05, 4.69) is 19.0 Å². The lowest BCUT2D eigenvalue weighted by Crippen LogP contribution is -2.46. The van der Waals surface area contributed by atoms with Gasteiger partial charge in [0, 0.05) is 13.1 Å². The summed E-state index contributed by atoms with van der Waals surface area (Å²) in [6, 6.07) is 9.67. The molecule has 0 aliphatic rings. The minimum atomic E-state index is -0.649. The summed E-state index contributed by atoms with van der Waals surface area (Å²) in [7, 11) is 1.76. The lowest BCUT2D eigenvalue weighted by Gasteiger charge is -2.31.